The zero-order valence-corrected chi connectivity index (χ0v) is 9.78. The molecule has 0 spiro atoms. The Hall–Kier alpha value is -1.40. The number of nitrogens with one attached hydrogen (secondary N) is 1. The number of rotatable bonds is 1. The SMILES string of the molecule is O=c1[nH]c(Cl)nc2c1cnn2C1CCOCC1. The largest absolute Gasteiger partial charge is 0.381 e. The van der Waals surface area contributed by atoms with Crippen LogP contribution in [0.1, 0.15) is 18.9 Å². The van der Waals surface area contributed by atoms with Crippen LogP contribution in [0.3, 0.4) is 0 Å². The number of halogens is 1. The van der Waals surface area contributed by atoms with Crippen LogP contribution >= 0.6 is 11.6 Å². The molecule has 2 aromatic heterocycles. The van der Waals surface area contributed by atoms with Crippen molar-refractivity contribution in [2.75, 3.05) is 13.2 Å². The second kappa shape index (κ2) is 4.12. The van der Waals surface area contributed by atoms with Crippen molar-refractivity contribution in [1.29, 1.82) is 0 Å². The van der Waals surface area contributed by atoms with Crippen LogP contribution in [0.4, 0.5) is 0 Å². The summed E-state index contributed by atoms with van der Waals surface area (Å²) in [5, 5.41) is 4.81. The van der Waals surface area contributed by atoms with Crippen LogP contribution < -0.4 is 5.56 Å². The fourth-order valence-corrected chi connectivity index (χ4v) is 2.27. The molecule has 1 aliphatic rings. The minimum atomic E-state index is -0.252. The Bertz CT molecular complexity index is 600. The Kier molecular flexibility index (Phi) is 2.60. The molecule has 0 bridgehead atoms. The first-order valence-corrected chi connectivity index (χ1v) is 5.84. The molecule has 0 saturated carbocycles. The lowest BCUT2D eigenvalue weighted by Gasteiger charge is -2.22. The molecule has 3 heterocycles. The van der Waals surface area contributed by atoms with Gasteiger partial charge in [-0.05, 0) is 24.4 Å². The summed E-state index contributed by atoms with van der Waals surface area (Å²) in [6.45, 7) is 1.42. The highest BCUT2D eigenvalue weighted by Gasteiger charge is 2.20. The van der Waals surface area contributed by atoms with Crippen LogP contribution in [0.15, 0.2) is 11.0 Å². The first-order valence-electron chi connectivity index (χ1n) is 5.46. The smallest absolute Gasteiger partial charge is 0.262 e. The summed E-state index contributed by atoms with van der Waals surface area (Å²) in [6, 6.07) is 0.228. The molecule has 1 N–H and O–H groups in total. The number of nitrogens with zero attached hydrogens (tertiary/aromatic N) is 3. The van der Waals surface area contributed by atoms with Gasteiger partial charge < -0.3 is 4.74 Å². The van der Waals surface area contributed by atoms with Gasteiger partial charge in [0.2, 0.25) is 5.28 Å². The first kappa shape index (κ1) is 10.7. The van der Waals surface area contributed by atoms with Crippen molar-refractivity contribution in [1.82, 2.24) is 19.7 Å². The average Bonchev–Trinajstić information content (AvgIpc) is 2.74. The second-order valence-electron chi connectivity index (χ2n) is 4.03. The highest BCUT2D eigenvalue weighted by atomic mass is 35.5. The Morgan fingerprint density at radius 1 is 1.47 bits per heavy atom. The minimum absolute atomic E-state index is 0.0938. The van der Waals surface area contributed by atoms with E-state index < -0.39 is 0 Å². The van der Waals surface area contributed by atoms with Gasteiger partial charge in [0.25, 0.3) is 5.56 Å². The first-order chi connectivity index (χ1) is 8.25. The van der Waals surface area contributed by atoms with E-state index in [-0.39, 0.29) is 16.9 Å². The lowest BCUT2D eigenvalue weighted by Crippen LogP contribution is -2.21. The van der Waals surface area contributed by atoms with Crippen LogP contribution in [0.2, 0.25) is 5.28 Å². The van der Waals surface area contributed by atoms with Gasteiger partial charge in [-0.2, -0.15) is 10.1 Å². The topological polar surface area (TPSA) is 72.8 Å². The number of aromatic amines is 1. The van der Waals surface area contributed by atoms with Crippen molar-refractivity contribution in [3.05, 3.63) is 21.8 Å². The fraction of sp³-hybridized carbons (Fsp3) is 0.500. The molecule has 0 atom stereocenters. The van der Waals surface area contributed by atoms with Crippen molar-refractivity contribution >= 4 is 22.6 Å². The van der Waals surface area contributed by atoms with Gasteiger partial charge in [0.15, 0.2) is 5.65 Å². The quantitative estimate of drug-likeness (QED) is 0.774. The number of fused-ring (bicyclic) bond motifs is 1. The molecule has 1 fully saturated rings. The molecule has 0 unspecified atom stereocenters. The number of hydrogen-bond acceptors (Lipinski definition) is 4. The molecule has 1 saturated heterocycles. The monoisotopic (exact) mass is 254 g/mol. The summed E-state index contributed by atoms with van der Waals surface area (Å²) in [4.78, 5) is 18.2. The van der Waals surface area contributed by atoms with E-state index in [2.05, 4.69) is 15.1 Å². The maximum Gasteiger partial charge on any atom is 0.262 e. The summed E-state index contributed by atoms with van der Waals surface area (Å²) in [7, 11) is 0. The molecule has 2 aromatic rings. The number of H-pyrrole nitrogens is 1. The van der Waals surface area contributed by atoms with Crippen molar-refractivity contribution < 1.29 is 4.74 Å². The minimum Gasteiger partial charge on any atom is -0.381 e. The summed E-state index contributed by atoms with van der Waals surface area (Å²) in [5.74, 6) is 0. The highest BCUT2D eigenvalue weighted by Crippen LogP contribution is 2.23. The summed E-state index contributed by atoms with van der Waals surface area (Å²) < 4.78 is 7.08. The van der Waals surface area contributed by atoms with Crippen LogP contribution in [0.25, 0.3) is 11.0 Å². The van der Waals surface area contributed by atoms with Crippen molar-refractivity contribution in [2.45, 2.75) is 18.9 Å². The van der Waals surface area contributed by atoms with E-state index in [4.69, 9.17) is 16.3 Å². The summed E-state index contributed by atoms with van der Waals surface area (Å²) in [5.41, 5.74) is 0.295. The molecule has 6 nitrogen and oxygen atoms in total. The predicted octanol–water partition coefficient (Wildman–Crippen LogP) is 1.12. The van der Waals surface area contributed by atoms with E-state index >= 15 is 0 Å². The van der Waals surface area contributed by atoms with Crippen LogP contribution in [-0.2, 0) is 4.74 Å². The van der Waals surface area contributed by atoms with Crippen LogP contribution in [0.5, 0.6) is 0 Å². The van der Waals surface area contributed by atoms with E-state index in [1.165, 1.54) is 6.20 Å². The molecule has 90 valence electrons. The lowest BCUT2D eigenvalue weighted by atomic mass is 10.1. The molecular weight excluding hydrogens is 244 g/mol. The second-order valence-corrected chi connectivity index (χ2v) is 4.38. The molecule has 3 rings (SSSR count). The number of hydrogen-bond donors (Lipinski definition) is 1. The number of ether oxygens (including phenoxy) is 1. The Morgan fingerprint density at radius 2 is 2.24 bits per heavy atom. The zero-order valence-electron chi connectivity index (χ0n) is 9.02. The molecule has 0 radical (unpaired) electrons. The normalized spacial score (nSPS) is 17.7. The third-order valence-corrected chi connectivity index (χ3v) is 3.15. The molecular formula is C10H11ClN4O2. The third-order valence-electron chi connectivity index (χ3n) is 2.97. The van der Waals surface area contributed by atoms with E-state index in [0.717, 1.165) is 12.8 Å². The lowest BCUT2D eigenvalue weighted by molar-refractivity contribution is 0.0673. The van der Waals surface area contributed by atoms with Crippen molar-refractivity contribution in [2.24, 2.45) is 0 Å². The van der Waals surface area contributed by atoms with Gasteiger partial charge in [0, 0.05) is 13.2 Å². The van der Waals surface area contributed by atoms with E-state index in [1.54, 1.807) is 4.68 Å². The van der Waals surface area contributed by atoms with Gasteiger partial charge >= 0.3 is 0 Å². The predicted molar refractivity (Wildman–Crippen MR) is 62.2 cm³/mol. The summed E-state index contributed by atoms with van der Waals surface area (Å²) >= 11 is 5.76. The standard InChI is InChI=1S/C10H11ClN4O2/c11-10-13-8-7(9(16)14-10)5-12-15(8)6-1-3-17-4-2-6/h5-6H,1-4H2,(H,13,14,16). The van der Waals surface area contributed by atoms with Gasteiger partial charge in [-0.3, -0.25) is 9.78 Å². The zero-order chi connectivity index (χ0) is 11.8. The Balaban J connectivity index is 2.13. The molecule has 0 aliphatic carbocycles. The van der Waals surface area contributed by atoms with E-state index in [0.29, 0.717) is 24.2 Å². The van der Waals surface area contributed by atoms with Crippen LogP contribution in [-0.4, -0.2) is 33.0 Å². The summed E-state index contributed by atoms with van der Waals surface area (Å²) in [6.07, 6.45) is 3.29. The third kappa shape index (κ3) is 1.83. The van der Waals surface area contributed by atoms with Crippen molar-refractivity contribution in [3.8, 4) is 0 Å². The Labute approximate surface area is 102 Å². The molecule has 0 amide bonds. The van der Waals surface area contributed by atoms with Gasteiger partial charge in [0.05, 0.1) is 12.2 Å². The maximum absolute atomic E-state index is 11.6. The molecule has 7 heteroatoms. The average molecular weight is 255 g/mol. The van der Waals surface area contributed by atoms with Gasteiger partial charge in [-0.1, -0.05) is 0 Å². The van der Waals surface area contributed by atoms with Gasteiger partial charge in [-0.25, -0.2) is 4.68 Å². The van der Waals surface area contributed by atoms with Gasteiger partial charge in [0.1, 0.15) is 5.39 Å². The molecule has 0 aromatic carbocycles. The number of aromatic nitrogens is 4. The molecule has 17 heavy (non-hydrogen) atoms. The van der Waals surface area contributed by atoms with E-state index in [9.17, 15) is 4.79 Å². The fourth-order valence-electron chi connectivity index (χ4n) is 2.11. The van der Waals surface area contributed by atoms with Gasteiger partial charge in [-0.15, -0.1) is 0 Å². The Morgan fingerprint density at radius 3 is 3.00 bits per heavy atom. The van der Waals surface area contributed by atoms with Crippen molar-refractivity contribution in [3.63, 3.8) is 0 Å². The maximum atomic E-state index is 11.6. The molecule has 1 aliphatic heterocycles. The highest BCUT2D eigenvalue weighted by molar-refractivity contribution is 6.28. The van der Waals surface area contributed by atoms with E-state index in [1.807, 2.05) is 0 Å². The van der Waals surface area contributed by atoms with Crippen LogP contribution in [0, 0.1) is 0 Å².